The zero-order valence-electron chi connectivity index (χ0n) is 15.0. The van der Waals surface area contributed by atoms with Gasteiger partial charge in [-0.05, 0) is 42.5 Å². The summed E-state index contributed by atoms with van der Waals surface area (Å²) in [5.74, 6) is 0.294. The fourth-order valence-electron chi connectivity index (χ4n) is 3.36. The molecule has 1 N–H and O–H groups in total. The molecule has 1 aliphatic rings. The fourth-order valence-corrected chi connectivity index (χ4v) is 3.36. The molecule has 134 valence electrons. The number of halogens is 1. The average molecular weight is 336 g/mol. The summed E-state index contributed by atoms with van der Waals surface area (Å²) < 4.78 is 13.4. The van der Waals surface area contributed by atoms with Crippen molar-refractivity contribution in [3.05, 3.63) is 35.1 Å². The molecule has 1 aliphatic heterocycles. The molecule has 1 aromatic rings. The second-order valence-corrected chi connectivity index (χ2v) is 7.14. The van der Waals surface area contributed by atoms with E-state index in [0.29, 0.717) is 25.4 Å². The second kappa shape index (κ2) is 8.58. The monoisotopic (exact) mass is 336 g/mol. The van der Waals surface area contributed by atoms with Crippen molar-refractivity contribution in [1.82, 2.24) is 9.80 Å². The molecule has 0 saturated carbocycles. The number of carbonyl (C=O) groups excluding carboxylic acids is 1. The zero-order valence-corrected chi connectivity index (χ0v) is 15.0. The van der Waals surface area contributed by atoms with E-state index < -0.39 is 0 Å². The molecule has 0 aromatic heterocycles. The van der Waals surface area contributed by atoms with Crippen LogP contribution in [0.5, 0.6) is 0 Å². The number of piperazine rings is 1. The predicted molar refractivity (Wildman–Crippen MR) is 93.3 cm³/mol. The Balaban J connectivity index is 2.01. The molecule has 0 bridgehead atoms. The van der Waals surface area contributed by atoms with Crippen molar-refractivity contribution < 1.29 is 14.3 Å². The number of aliphatic hydroxyl groups is 1. The number of carbonyl (C=O) groups is 1. The molecule has 5 heteroatoms. The van der Waals surface area contributed by atoms with Gasteiger partial charge in [-0.25, -0.2) is 4.39 Å². The van der Waals surface area contributed by atoms with Crippen molar-refractivity contribution >= 4 is 5.91 Å². The van der Waals surface area contributed by atoms with E-state index in [1.165, 1.54) is 12.1 Å². The highest BCUT2D eigenvalue weighted by Gasteiger charge is 2.29. The van der Waals surface area contributed by atoms with E-state index in [2.05, 4.69) is 18.7 Å². The van der Waals surface area contributed by atoms with Gasteiger partial charge in [0.1, 0.15) is 5.82 Å². The van der Waals surface area contributed by atoms with E-state index in [0.717, 1.165) is 24.2 Å². The summed E-state index contributed by atoms with van der Waals surface area (Å²) in [6, 6.07) is 4.79. The Hall–Kier alpha value is -1.46. The Morgan fingerprint density at radius 3 is 2.79 bits per heavy atom. The van der Waals surface area contributed by atoms with Crippen molar-refractivity contribution in [1.29, 1.82) is 0 Å². The average Bonchev–Trinajstić information content (AvgIpc) is 2.52. The van der Waals surface area contributed by atoms with Gasteiger partial charge in [0.05, 0.1) is 6.42 Å². The Labute approximate surface area is 144 Å². The molecule has 0 unspecified atom stereocenters. The number of rotatable bonds is 6. The number of hydrogen-bond donors (Lipinski definition) is 1. The predicted octanol–water partition coefficient (Wildman–Crippen LogP) is 2.23. The third-order valence-corrected chi connectivity index (χ3v) is 4.67. The molecule has 1 aromatic carbocycles. The van der Waals surface area contributed by atoms with Gasteiger partial charge in [0.25, 0.3) is 0 Å². The number of aryl methyl sites for hydroxylation is 1. The lowest BCUT2D eigenvalue weighted by Gasteiger charge is -2.42. The van der Waals surface area contributed by atoms with Crippen molar-refractivity contribution in [3.8, 4) is 0 Å². The Kier molecular flexibility index (Phi) is 6.75. The smallest absolute Gasteiger partial charge is 0.227 e. The molecular weight excluding hydrogens is 307 g/mol. The largest absolute Gasteiger partial charge is 0.396 e. The van der Waals surface area contributed by atoms with Gasteiger partial charge in [-0.15, -0.1) is 0 Å². The number of hydrogen-bond acceptors (Lipinski definition) is 3. The molecule has 2 rings (SSSR count). The summed E-state index contributed by atoms with van der Waals surface area (Å²) in [5, 5.41) is 9.33. The van der Waals surface area contributed by atoms with E-state index >= 15 is 0 Å². The van der Waals surface area contributed by atoms with Crippen LogP contribution in [0, 0.1) is 18.7 Å². The standard InChI is InChI=1S/C19H29FN2O2/c1-14(2)12-21-7-8-22(13-18(21)6-9-23)19(24)11-16-10-17(20)5-4-15(16)3/h4-5,10,14,18,23H,6-9,11-13H2,1-3H3/t18-/m1/s1. The van der Waals surface area contributed by atoms with E-state index in [9.17, 15) is 14.3 Å². The van der Waals surface area contributed by atoms with Crippen LogP contribution in [0.2, 0.25) is 0 Å². The maximum Gasteiger partial charge on any atom is 0.227 e. The van der Waals surface area contributed by atoms with E-state index in [1.807, 2.05) is 11.8 Å². The van der Waals surface area contributed by atoms with Crippen LogP contribution in [0.25, 0.3) is 0 Å². The number of benzene rings is 1. The van der Waals surface area contributed by atoms with Crippen LogP contribution in [0.1, 0.15) is 31.4 Å². The molecule has 0 radical (unpaired) electrons. The third-order valence-electron chi connectivity index (χ3n) is 4.67. The minimum Gasteiger partial charge on any atom is -0.396 e. The summed E-state index contributed by atoms with van der Waals surface area (Å²) in [6.45, 7) is 9.54. The van der Waals surface area contributed by atoms with Crippen molar-refractivity contribution in [3.63, 3.8) is 0 Å². The normalized spacial score (nSPS) is 19.1. The summed E-state index contributed by atoms with van der Waals surface area (Å²) in [4.78, 5) is 16.9. The number of nitrogens with zero attached hydrogens (tertiary/aromatic N) is 2. The number of aliphatic hydroxyl groups excluding tert-OH is 1. The first-order valence-corrected chi connectivity index (χ1v) is 8.78. The zero-order chi connectivity index (χ0) is 17.7. The first-order chi connectivity index (χ1) is 11.4. The van der Waals surface area contributed by atoms with Gasteiger partial charge in [0.2, 0.25) is 5.91 Å². The Bertz CT molecular complexity index is 562. The molecule has 1 atom stereocenters. The SMILES string of the molecule is Cc1ccc(F)cc1CC(=O)N1CCN(CC(C)C)[C@H](CCO)C1. The highest BCUT2D eigenvalue weighted by Crippen LogP contribution is 2.17. The highest BCUT2D eigenvalue weighted by atomic mass is 19.1. The van der Waals surface area contributed by atoms with Crippen LogP contribution in [0.4, 0.5) is 4.39 Å². The van der Waals surface area contributed by atoms with Crippen molar-refractivity contribution in [2.24, 2.45) is 5.92 Å². The first-order valence-electron chi connectivity index (χ1n) is 8.78. The van der Waals surface area contributed by atoms with Crippen molar-refractivity contribution in [2.75, 3.05) is 32.8 Å². The third kappa shape index (κ3) is 5.02. The second-order valence-electron chi connectivity index (χ2n) is 7.14. The van der Waals surface area contributed by atoms with Gasteiger partial charge in [-0.2, -0.15) is 0 Å². The Morgan fingerprint density at radius 1 is 1.38 bits per heavy atom. The van der Waals surface area contributed by atoms with E-state index in [-0.39, 0.29) is 30.8 Å². The van der Waals surface area contributed by atoms with Gasteiger partial charge in [-0.1, -0.05) is 19.9 Å². The minimum absolute atomic E-state index is 0.0378. The van der Waals surface area contributed by atoms with Gasteiger partial charge < -0.3 is 10.0 Å². The van der Waals surface area contributed by atoms with Crippen LogP contribution in [0.3, 0.4) is 0 Å². The van der Waals surface area contributed by atoms with E-state index in [4.69, 9.17) is 0 Å². The Morgan fingerprint density at radius 2 is 2.12 bits per heavy atom. The quantitative estimate of drug-likeness (QED) is 0.866. The summed E-state index contributed by atoms with van der Waals surface area (Å²) in [5.41, 5.74) is 1.69. The van der Waals surface area contributed by atoms with Crippen molar-refractivity contribution in [2.45, 2.75) is 39.7 Å². The highest BCUT2D eigenvalue weighted by molar-refractivity contribution is 5.79. The molecule has 24 heavy (non-hydrogen) atoms. The molecule has 1 heterocycles. The van der Waals surface area contributed by atoms with E-state index in [1.54, 1.807) is 6.07 Å². The summed E-state index contributed by atoms with van der Waals surface area (Å²) in [6.07, 6.45) is 0.912. The molecule has 1 amide bonds. The van der Waals surface area contributed by atoms with Crippen LogP contribution >= 0.6 is 0 Å². The fraction of sp³-hybridized carbons (Fsp3) is 0.632. The van der Waals surface area contributed by atoms with Crippen LogP contribution < -0.4 is 0 Å². The first kappa shape index (κ1) is 18.9. The molecule has 1 saturated heterocycles. The van der Waals surface area contributed by atoms with Gasteiger partial charge in [0, 0.05) is 38.8 Å². The van der Waals surface area contributed by atoms with Crippen LogP contribution in [0.15, 0.2) is 18.2 Å². The lowest BCUT2D eigenvalue weighted by atomic mass is 10.0. The molecule has 0 aliphatic carbocycles. The maximum absolute atomic E-state index is 13.4. The topological polar surface area (TPSA) is 43.8 Å². The molecular formula is C19H29FN2O2. The van der Waals surface area contributed by atoms with Gasteiger partial charge in [0.15, 0.2) is 0 Å². The summed E-state index contributed by atoms with van der Waals surface area (Å²) in [7, 11) is 0. The van der Waals surface area contributed by atoms with Crippen LogP contribution in [-0.4, -0.2) is 59.6 Å². The minimum atomic E-state index is -0.302. The number of amides is 1. The molecule has 0 spiro atoms. The molecule has 1 fully saturated rings. The lowest BCUT2D eigenvalue weighted by Crippen LogP contribution is -2.56. The molecule has 4 nitrogen and oxygen atoms in total. The summed E-state index contributed by atoms with van der Waals surface area (Å²) >= 11 is 0. The van der Waals surface area contributed by atoms with Gasteiger partial charge >= 0.3 is 0 Å². The maximum atomic E-state index is 13.4. The van der Waals surface area contributed by atoms with Gasteiger partial charge in [-0.3, -0.25) is 9.69 Å². The van der Waals surface area contributed by atoms with Crippen LogP contribution in [-0.2, 0) is 11.2 Å². The lowest BCUT2D eigenvalue weighted by molar-refractivity contribution is -0.133.